The average Bonchev–Trinajstić information content (AvgIpc) is 3.40. The van der Waals surface area contributed by atoms with Crippen molar-refractivity contribution >= 4 is 53.2 Å². The van der Waals surface area contributed by atoms with Crippen LogP contribution in [0.3, 0.4) is 0 Å². The summed E-state index contributed by atoms with van der Waals surface area (Å²) in [6.45, 7) is 0. The molecule has 0 aliphatic carbocycles. The van der Waals surface area contributed by atoms with Crippen LogP contribution < -0.4 is 0 Å². The number of pyridine rings is 1. The van der Waals surface area contributed by atoms with Gasteiger partial charge in [0.1, 0.15) is 0 Å². The van der Waals surface area contributed by atoms with Crippen molar-refractivity contribution in [3.63, 3.8) is 0 Å². The van der Waals surface area contributed by atoms with E-state index < -0.39 is 0 Å². The second kappa shape index (κ2) is 8.90. The van der Waals surface area contributed by atoms with Gasteiger partial charge in [-0.3, -0.25) is 0 Å². The minimum Gasteiger partial charge on any atom is -0.247 e. The molecule has 8 rings (SSSR count). The van der Waals surface area contributed by atoms with Crippen molar-refractivity contribution in [2.75, 3.05) is 0 Å². The molecule has 2 aromatic heterocycles. The first-order chi connectivity index (χ1) is 19.3. The standard InChI is InChI=1S/C37H23NS/c1-2-8-25(9-3-1)33-23-29-10-4-6-12-34(29)38-36(33)26-16-14-24(15-17-26)27-18-20-30-28(22-27)19-21-32-31-11-5-7-13-35(31)39-37(30)32/h1-23H. The molecule has 0 amide bonds. The number of fused-ring (bicyclic) bond motifs is 6. The number of rotatable bonds is 3. The average molecular weight is 514 g/mol. The predicted octanol–water partition coefficient (Wildman–Crippen LogP) is 10.8. The van der Waals surface area contributed by atoms with Gasteiger partial charge in [-0.25, -0.2) is 4.98 Å². The van der Waals surface area contributed by atoms with E-state index in [1.54, 1.807) is 0 Å². The van der Waals surface area contributed by atoms with Gasteiger partial charge in [-0.2, -0.15) is 0 Å². The Morgan fingerprint density at radius 1 is 0.436 bits per heavy atom. The highest BCUT2D eigenvalue weighted by Gasteiger charge is 2.13. The van der Waals surface area contributed by atoms with Crippen LogP contribution in [0.15, 0.2) is 140 Å². The van der Waals surface area contributed by atoms with Crippen LogP contribution in [0.1, 0.15) is 0 Å². The van der Waals surface area contributed by atoms with E-state index in [0.29, 0.717) is 0 Å². The summed E-state index contributed by atoms with van der Waals surface area (Å²) in [4.78, 5) is 5.11. The Bertz CT molecular complexity index is 2160. The number of para-hydroxylation sites is 1. The number of thiophene rings is 1. The summed E-state index contributed by atoms with van der Waals surface area (Å²) in [6.07, 6.45) is 0. The molecule has 1 nitrogen and oxygen atoms in total. The summed E-state index contributed by atoms with van der Waals surface area (Å²) in [6, 6.07) is 50.1. The highest BCUT2D eigenvalue weighted by Crippen LogP contribution is 2.40. The minimum absolute atomic E-state index is 1.01. The summed E-state index contributed by atoms with van der Waals surface area (Å²) in [5.74, 6) is 0. The van der Waals surface area contributed by atoms with Crippen LogP contribution in [0.4, 0.5) is 0 Å². The number of benzene rings is 6. The van der Waals surface area contributed by atoms with Crippen LogP contribution >= 0.6 is 11.3 Å². The van der Waals surface area contributed by atoms with Crippen LogP contribution in [-0.2, 0) is 0 Å². The predicted molar refractivity (Wildman–Crippen MR) is 168 cm³/mol. The van der Waals surface area contributed by atoms with E-state index in [4.69, 9.17) is 4.98 Å². The van der Waals surface area contributed by atoms with Crippen molar-refractivity contribution in [3.05, 3.63) is 140 Å². The Hall–Kier alpha value is -4.79. The number of hydrogen-bond acceptors (Lipinski definition) is 2. The lowest BCUT2D eigenvalue weighted by Crippen LogP contribution is -1.91. The first-order valence-electron chi connectivity index (χ1n) is 13.2. The lowest BCUT2D eigenvalue weighted by atomic mass is 9.95. The van der Waals surface area contributed by atoms with E-state index in [0.717, 1.165) is 27.7 Å². The summed E-state index contributed by atoms with van der Waals surface area (Å²) in [7, 11) is 0. The molecule has 0 saturated carbocycles. The summed E-state index contributed by atoms with van der Waals surface area (Å²) >= 11 is 1.89. The van der Waals surface area contributed by atoms with Crippen LogP contribution in [0, 0.1) is 0 Å². The Morgan fingerprint density at radius 2 is 1.15 bits per heavy atom. The molecule has 0 spiro atoms. The number of hydrogen-bond donors (Lipinski definition) is 0. The van der Waals surface area contributed by atoms with E-state index in [-0.39, 0.29) is 0 Å². The highest BCUT2D eigenvalue weighted by atomic mass is 32.1. The highest BCUT2D eigenvalue weighted by molar-refractivity contribution is 7.26. The molecule has 2 heterocycles. The molecule has 39 heavy (non-hydrogen) atoms. The molecular weight excluding hydrogens is 490 g/mol. The van der Waals surface area contributed by atoms with Gasteiger partial charge in [0.05, 0.1) is 11.2 Å². The molecule has 182 valence electrons. The molecular formula is C37H23NS. The molecule has 0 atom stereocenters. The molecule has 0 aliphatic rings. The van der Waals surface area contributed by atoms with Gasteiger partial charge >= 0.3 is 0 Å². The van der Waals surface area contributed by atoms with E-state index >= 15 is 0 Å². The fourth-order valence-corrected chi connectivity index (χ4v) is 6.92. The van der Waals surface area contributed by atoms with Crippen molar-refractivity contribution in [2.45, 2.75) is 0 Å². The van der Waals surface area contributed by atoms with E-state index in [1.165, 1.54) is 47.6 Å². The zero-order chi connectivity index (χ0) is 25.8. The van der Waals surface area contributed by atoms with Crippen LogP contribution in [-0.4, -0.2) is 4.98 Å². The van der Waals surface area contributed by atoms with Crippen molar-refractivity contribution in [3.8, 4) is 33.5 Å². The smallest absolute Gasteiger partial charge is 0.0788 e. The van der Waals surface area contributed by atoms with E-state index in [2.05, 4.69) is 140 Å². The summed E-state index contributed by atoms with van der Waals surface area (Å²) in [5, 5.41) is 6.44. The first kappa shape index (κ1) is 22.2. The van der Waals surface area contributed by atoms with Gasteiger partial charge in [-0.15, -0.1) is 11.3 Å². The van der Waals surface area contributed by atoms with Crippen LogP contribution in [0.25, 0.3) is 75.4 Å². The largest absolute Gasteiger partial charge is 0.247 e. The molecule has 8 aromatic rings. The quantitative estimate of drug-likeness (QED) is 0.229. The fraction of sp³-hybridized carbons (Fsp3) is 0. The van der Waals surface area contributed by atoms with E-state index in [1.807, 2.05) is 11.3 Å². The minimum atomic E-state index is 1.01. The third-order valence-electron chi connectivity index (χ3n) is 7.66. The van der Waals surface area contributed by atoms with Gasteiger partial charge in [0.15, 0.2) is 0 Å². The van der Waals surface area contributed by atoms with Crippen molar-refractivity contribution < 1.29 is 0 Å². The van der Waals surface area contributed by atoms with Gasteiger partial charge in [0, 0.05) is 36.7 Å². The fourth-order valence-electron chi connectivity index (χ4n) is 5.69. The summed E-state index contributed by atoms with van der Waals surface area (Å²) in [5.41, 5.74) is 7.91. The van der Waals surface area contributed by atoms with Gasteiger partial charge in [0.2, 0.25) is 0 Å². The molecule has 0 saturated heterocycles. The number of nitrogens with zero attached hydrogens (tertiary/aromatic N) is 1. The SMILES string of the molecule is c1ccc(-c2cc3ccccc3nc2-c2ccc(-c3ccc4c(ccc5c6ccccc6sc45)c3)cc2)cc1. The zero-order valence-corrected chi connectivity index (χ0v) is 22.0. The topological polar surface area (TPSA) is 12.9 Å². The Balaban J connectivity index is 1.22. The zero-order valence-electron chi connectivity index (χ0n) is 21.1. The Morgan fingerprint density at radius 3 is 2.05 bits per heavy atom. The third kappa shape index (κ3) is 3.72. The summed E-state index contributed by atoms with van der Waals surface area (Å²) < 4.78 is 2.71. The maximum atomic E-state index is 5.11. The van der Waals surface area contributed by atoms with Crippen LogP contribution in [0.2, 0.25) is 0 Å². The molecule has 6 aromatic carbocycles. The molecule has 0 unspecified atom stereocenters. The van der Waals surface area contributed by atoms with Crippen molar-refractivity contribution in [1.82, 2.24) is 4.98 Å². The second-order valence-corrected chi connectivity index (χ2v) is 11.0. The monoisotopic (exact) mass is 513 g/mol. The Labute approximate surface area is 230 Å². The van der Waals surface area contributed by atoms with Crippen molar-refractivity contribution in [2.24, 2.45) is 0 Å². The third-order valence-corrected chi connectivity index (χ3v) is 8.88. The first-order valence-corrected chi connectivity index (χ1v) is 14.0. The van der Waals surface area contributed by atoms with Gasteiger partial charge < -0.3 is 0 Å². The lowest BCUT2D eigenvalue weighted by Gasteiger charge is -2.12. The Kier molecular flexibility index (Phi) is 5.07. The maximum absolute atomic E-state index is 5.11. The maximum Gasteiger partial charge on any atom is 0.0788 e. The normalized spacial score (nSPS) is 11.6. The molecule has 0 N–H and O–H groups in total. The van der Waals surface area contributed by atoms with Gasteiger partial charge in [-0.1, -0.05) is 115 Å². The molecule has 0 bridgehead atoms. The van der Waals surface area contributed by atoms with E-state index in [9.17, 15) is 0 Å². The van der Waals surface area contributed by atoms with Crippen LogP contribution in [0.5, 0.6) is 0 Å². The molecule has 0 radical (unpaired) electrons. The molecule has 0 fully saturated rings. The van der Waals surface area contributed by atoms with Gasteiger partial charge in [0.25, 0.3) is 0 Å². The molecule has 2 heteroatoms. The number of aromatic nitrogens is 1. The second-order valence-electron chi connectivity index (χ2n) is 10.00. The molecule has 0 aliphatic heterocycles. The van der Waals surface area contributed by atoms with Crippen molar-refractivity contribution in [1.29, 1.82) is 0 Å². The van der Waals surface area contributed by atoms with Gasteiger partial charge in [-0.05, 0) is 51.7 Å². The lowest BCUT2D eigenvalue weighted by molar-refractivity contribution is 1.39.